The van der Waals surface area contributed by atoms with Gasteiger partial charge in [-0.1, -0.05) is 0 Å². The first-order valence-corrected chi connectivity index (χ1v) is 7.59. The molecule has 102 valence electrons. The van der Waals surface area contributed by atoms with E-state index in [1.807, 2.05) is 24.3 Å². The lowest BCUT2D eigenvalue weighted by molar-refractivity contribution is 0.386. The number of hydrogen-bond donors (Lipinski definition) is 1. The molecule has 6 nitrogen and oxygen atoms in total. The lowest BCUT2D eigenvalue weighted by Gasteiger charge is -2.35. The quantitative estimate of drug-likeness (QED) is 0.801. The van der Waals surface area contributed by atoms with Crippen LogP contribution in [0.4, 0.5) is 11.4 Å². The summed E-state index contributed by atoms with van der Waals surface area (Å²) in [6, 6.07) is 9.20. The van der Waals surface area contributed by atoms with Crippen molar-refractivity contribution in [2.45, 2.75) is 0 Å². The van der Waals surface area contributed by atoms with Gasteiger partial charge in [0.2, 0.25) is 10.0 Å². The molecule has 0 aliphatic carbocycles. The van der Waals surface area contributed by atoms with Crippen LogP contribution in [0.2, 0.25) is 0 Å². The Morgan fingerprint density at radius 3 is 2.26 bits per heavy atom. The Balaban J connectivity index is 2.00. The Kier molecular flexibility index (Phi) is 3.93. The van der Waals surface area contributed by atoms with E-state index in [1.54, 1.807) is 6.07 Å². The third-order valence-corrected chi connectivity index (χ3v) is 4.78. The summed E-state index contributed by atoms with van der Waals surface area (Å²) in [5.74, 6) is -0.450. The topological polar surface area (TPSA) is 90.4 Å². The number of nitrogens with zero attached hydrogens (tertiary/aromatic N) is 3. The maximum Gasteiger partial charge on any atom is 0.227 e. The maximum absolute atomic E-state index is 11.7. The van der Waals surface area contributed by atoms with E-state index in [0.29, 0.717) is 31.9 Å². The fourth-order valence-electron chi connectivity index (χ4n) is 2.08. The molecule has 2 N–H and O–H groups in total. The lowest BCUT2D eigenvalue weighted by atomic mass is 10.2. The van der Waals surface area contributed by atoms with Gasteiger partial charge in [-0.05, 0) is 24.3 Å². The second-order valence-corrected chi connectivity index (χ2v) is 6.36. The number of nitriles is 1. The van der Waals surface area contributed by atoms with Gasteiger partial charge in [-0.25, -0.2) is 8.42 Å². The van der Waals surface area contributed by atoms with Crippen molar-refractivity contribution in [3.63, 3.8) is 0 Å². The summed E-state index contributed by atoms with van der Waals surface area (Å²) >= 11 is 0. The van der Waals surface area contributed by atoms with Crippen LogP contribution in [-0.2, 0) is 10.0 Å². The number of hydrogen-bond acceptors (Lipinski definition) is 5. The van der Waals surface area contributed by atoms with E-state index >= 15 is 0 Å². The largest absolute Gasteiger partial charge is 0.399 e. The van der Waals surface area contributed by atoms with E-state index < -0.39 is 15.8 Å². The van der Waals surface area contributed by atoms with Gasteiger partial charge in [0.15, 0.2) is 5.75 Å². The fraction of sp³-hybridized carbons (Fsp3) is 0.417. The van der Waals surface area contributed by atoms with Crippen LogP contribution in [-0.4, -0.2) is 44.7 Å². The number of rotatable bonds is 3. The molecule has 0 atom stereocenters. The number of nitrogens with two attached hydrogens (primary N) is 1. The van der Waals surface area contributed by atoms with Crippen molar-refractivity contribution < 1.29 is 8.42 Å². The summed E-state index contributed by atoms with van der Waals surface area (Å²) in [6.07, 6.45) is 0. The van der Waals surface area contributed by atoms with Gasteiger partial charge in [-0.15, -0.1) is 0 Å². The van der Waals surface area contributed by atoms with Gasteiger partial charge in [-0.3, -0.25) is 0 Å². The van der Waals surface area contributed by atoms with Gasteiger partial charge in [-0.2, -0.15) is 9.57 Å². The van der Waals surface area contributed by atoms with Gasteiger partial charge in [0.05, 0.1) is 6.07 Å². The SMILES string of the molecule is N#CCS(=O)(=O)N1CCN(c2ccc(N)cc2)CC1. The number of sulfonamides is 1. The predicted octanol–water partition coefficient (Wildman–Crippen LogP) is 0.244. The molecular weight excluding hydrogens is 264 g/mol. The van der Waals surface area contributed by atoms with Crippen LogP contribution in [0.15, 0.2) is 24.3 Å². The summed E-state index contributed by atoms with van der Waals surface area (Å²) in [4.78, 5) is 2.11. The molecule has 19 heavy (non-hydrogen) atoms. The second-order valence-electron chi connectivity index (χ2n) is 4.39. The van der Waals surface area contributed by atoms with E-state index in [-0.39, 0.29) is 0 Å². The third-order valence-electron chi connectivity index (χ3n) is 3.14. The molecule has 2 rings (SSSR count). The van der Waals surface area contributed by atoms with Crippen LogP contribution in [0.1, 0.15) is 0 Å². The van der Waals surface area contributed by atoms with Crippen LogP contribution in [0.3, 0.4) is 0 Å². The van der Waals surface area contributed by atoms with Gasteiger partial charge in [0, 0.05) is 37.6 Å². The normalized spacial score (nSPS) is 17.1. The fourth-order valence-corrected chi connectivity index (χ4v) is 3.15. The number of anilines is 2. The molecule has 1 aliphatic rings. The van der Waals surface area contributed by atoms with Crippen LogP contribution < -0.4 is 10.6 Å². The summed E-state index contributed by atoms with van der Waals surface area (Å²) in [6.45, 7) is 2.06. The molecule has 0 amide bonds. The number of nitrogen functional groups attached to an aromatic ring is 1. The highest BCUT2D eigenvalue weighted by molar-refractivity contribution is 7.89. The molecule has 1 aromatic rings. The second kappa shape index (κ2) is 5.47. The predicted molar refractivity (Wildman–Crippen MR) is 74.0 cm³/mol. The van der Waals surface area contributed by atoms with Crippen LogP contribution in [0.5, 0.6) is 0 Å². The minimum absolute atomic E-state index is 0.411. The molecule has 0 unspecified atom stereocenters. The molecule has 0 spiro atoms. The zero-order valence-corrected chi connectivity index (χ0v) is 11.3. The summed E-state index contributed by atoms with van der Waals surface area (Å²) in [5, 5.41) is 8.51. The van der Waals surface area contributed by atoms with Gasteiger partial charge in [0.25, 0.3) is 0 Å². The standard InChI is InChI=1S/C12H16N4O2S/c13-5-10-19(17,18)16-8-6-15(7-9-16)12-3-1-11(14)2-4-12/h1-4H,6-10,14H2. The van der Waals surface area contributed by atoms with Gasteiger partial charge in [0.1, 0.15) is 0 Å². The van der Waals surface area contributed by atoms with Crippen molar-refractivity contribution in [1.82, 2.24) is 4.31 Å². The molecular formula is C12H16N4O2S. The lowest BCUT2D eigenvalue weighted by Crippen LogP contribution is -2.49. The van der Waals surface area contributed by atoms with E-state index in [0.717, 1.165) is 5.69 Å². The van der Waals surface area contributed by atoms with E-state index in [9.17, 15) is 8.42 Å². The molecule has 1 saturated heterocycles. The smallest absolute Gasteiger partial charge is 0.227 e. The number of benzene rings is 1. The average Bonchev–Trinajstić information content (AvgIpc) is 2.40. The van der Waals surface area contributed by atoms with Crippen molar-refractivity contribution in [3.05, 3.63) is 24.3 Å². The molecule has 1 aromatic carbocycles. The van der Waals surface area contributed by atoms with Crippen molar-refractivity contribution in [1.29, 1.82) is 5.26 Å². The molecule has 0 bridgehead atoms. The van der Waals surface area contributed by atoms with Crippen molar-refractivity contribution in [2.75, 3.05) is 42.6 Å². The van der Waals surface area contributed by atoms with Crippen LogP contribution in [0.25, 0.3) is 0 Å². The Bertz CT molecular complexity index is 569. The van der Waals surface area contributed by atoms with Crippen molar-refractivity contribution in [2.24, 2.45) is 0 Å². The Hall–Kier alpha value is -1.78. The highest BCUT2D eigenvalue weighted by Crippen LogP contribution is 2.19. The monoisotopic (exact) mass is 280 g/mol. The summed E-state index contributed by atoms with van der Waals surface area (Å²) in [5.41, 5.74) is 7.37. The summed E-state index contributed by atoms with van der Waals surface area (Å²) < 4.78 is 24.9. The van der Waals surface area contributed by atoms with Gasteiger partial charge < -0.3 is 10.6 Å². The summed E-state index contributed by atoms with van der Waals surface area (Å²) in [7, 11) is -3.42. The van der Waals surface area contributed by atoms with E-state index in [1.165, 1.54) is 4.31 Å². The Morgan fingerprint density at radius 1 is 1.16 bits per heavy atom. The molecule has 1 heterocycles. The molecule has 0 aromatic heterocycles. The molecule has 0 radical (unpaired) electrons. The average molecular weight is 280 g/mol. The Labute approximate surface area is 113 Å². The van der Waals surface area contributed by atoms with Gasteiger partial charge >= 0.3 is 0 Å². The van der Waals surface area contributed by atoms with Crippen LogP contribution >= 0.6 is 0 Å². The first-order chi connectivity index (χ1) is 9.03. The van der Waals surface area contributed by atoms with E-state index in [4.69, 9.17) is 11.0 Å². The van der Waals surface area contributed by atoms with Crippen LogP contribution in [0, 0.1) is 11.3 Å². The zero-order chi connectivity index (χ0) is 13.9. The number of piperazine rings is 1. The highest BCUT2D eigenvalue weighted by Gasteiger charge is 2.26. The minimum Gasteiger partial charge on any atom is -0.399 e. The molecule has 1 aliphatic heterocycles. The first-order valence-electron chi connectivity index (χ1n) is 5.98. The van der Waals surface area contributed by atoms with Crippen molar-refractivity contribution >= 4 is 21.4 Å². The highest BCUT2D eigenvalue weighted by atomic mass is 32.2. The maximum atomic E-state index is 11.7. The van der Waals surface area contributed by atoms with E-state index in [2.05, 4.69) is 4.90 Å². The molecule has 0 saturated carbocycles. The molecule has 1 fully saturated rings. The minimum atomic E-state index is -3.42. The zero-order valence-electron chi connectivity index (χ0n) is 10.5. The van der Waals surface area contributed by atoms with Crippen molar-refractivity contribution in [3.8, 4) is 6.07 Å². The third kappa shape index (κ3) is 3.16. The first kappa shape index (κ1) is 13.6. The Morgan fingerprint density at radius 2 is 1.74 bits per heavy atom. The molecule has 7 heteroatoms.